The van der Waals surface area contributed by atoms with Crippen LogP contribution in [0, 0.1) is 0 Å². The third-order valence-electron chi connectivity index (χ3n) is 9.23. The highest BCUT2D eigenvalue weighted by Gasteiger charge is 2.48. The van der Waals surface area contributed by atoms with Crippen LogP contribution in [-0.4, -0.2) is 70.2 Å². The summed E-state index contributed by atoms with van der Waals surface area (Å²) in [6.07, 6.45) is 3.45. The minimum absolute atomic E-state index is 0.124. The van der Waals surface area contributed by atoms with Crippen molar-refractivity contribution < 1.29 is 22.7 Å². The Balaban J connectivity index is 1.19. The van der Waals surface area contributed by atoms with Crippen molar-refractivity contribution in [2.24, 2.45) is 0 Å². The summed E-state index contributed by atoms with van der Waals surface area (Å²) in [5.41, 5.74) is 4.66. The van der Waals surface area contributed by atoms with E-state index in [1.807, 2.05) is 71.6 Å². The van der Waals surface area contributed by atoms with Gasteiger partial charge < -0.3 is 20.3 Å². The number of benzene rings is 3. The first-order chi connectivity index (χ1) is 20.7. The standard InChI is InChI=1S/C33H38N4O5S/c1-42-26-13-11-23(12-14-26)19-29(35-31(38)28-20-24-7-3-4-8-25(24)21-34-28)32(39)36-17-15-33(16-18-36)22-37(43(2,40)41)30-10-6-5-9-27(30)33/h3-14,28-29,34H,15-22H2,1-2H3,(H,35,38)/t28-,29-/m1/s1. The summed E-state index contributed by atoms with van der Waals surface area (Å²) < 4.78 is 32.0. The second-order valence-corrected chi connectivity index (χ2v) is 13.8. The van der Waals surface area contributed by atoms with E-state index in [4.69, 9.17) is 4.74 Å². The van der Waals surface area contributed by atoms with Crippen LogP contribution in [0.1, 0.15) is 35.1 Å². The van der Waals surface area contributed by atoms with E-state index in [2.05, 4.69) is 16.7 Å². The molecule has 0 bridgehead atoms. The monoisotopic (exact) mass is 602 g/mol. The van der Waals surface area contributed by atoms with Crippen LogP contribution in [-0.2, 0) is 44.4 Å². The molecule has 2 N–H and O–H groups in total. The van der Waals surface area contributed by atoms with E-state index in [0.717, 1.165) is 28.1 Å². The largest absolute Gasteiger partial charge is 0.497 e. The number of piperidine rings is 1. The zero-order chi connectivity index (χ0) is 30.2. The Morgan fingerprint density at radius 3 is 2.37 bits per heavy atom. The minimum atomic E-state index is -3.43. The number of sulfonamides is 1. The Bertz CT molecular complexity index is 1620. The molecule has 43 heavy (non-hydrogen) atoms. The van der Waals surface area contributed by atoms with E-state index in [0.29, 0.717) is 51.9 Å². The predicted molar refractivity (Wildman–Crippen MR) is 166 cm³/mol. The fourth-order valence-corrected chi connectivity index (χ4v) is 7.79. The lowest BCUT2D eigenvalue weighted by atomic mass is 9.74. The van der Waals surface area contributed by atoms with Gasteiger partial charge in [-0.2, -0.15) is 0 Å². The van der Waals surface area contributed by atoms with Gasteiger partial charge in [-0.3, -0.25) is 13.9 Å². The maximum absolute atomic E-state index is 14.1. The molecular formula is C33H38N4O5S. The smallest absolute Gasteiger partial charge is 0.245 e. The molecule has 9 nitrogen and oxygen atoms in total. The quantitative estimate of drug-likeness (QED) is 0.431. The second kappa shape index (κ2) is 11.7. The van der Waals surface area contributed by atoms with Gasteiger partial charge in [-0.25, -0.2) is 8.42 Å². The van der Waals surface area contributed by atoms with Crippen LogP contribution < -0.4 is 19.7 Å². The summed E-state index contributed by atoms with van der Waals surface area (Å²) in [4.78, 5) is 29.4. The van der Waals surface area contributed by atoms with Gasteiger partial charge in [0.25, 0.3) is 0 Å². The minimum Gasteiger partial charge on any atom is -0.497 e. The van der Waals surface area contributed by atoms with E-state index >= 15 is 0 Å². The lowest BCUT2D eigenvalue weighted by Gasteiger charge is -2.41. The van der Waals surface area contributed by atoms with E-state index < -0.39 is 22.1 Å². The number of rotatable bonds is 7. The third-order valence-corrected chi connectivity index (χ3v) is 10.4. The van der Waals surface area contributed by atoms with Gasteiger partial charge in [0.15, 0.2) is 0 Å². The first-order valence-electron chi connectivity index (χ1n) is 14.8. The number of nitrogens with one attached hydrogen (secondary N) is 2. The molecule has 0 saturated carbocycles. The Hall–Kier alpha value is -3.89. The van der Waals surface area contributed by atoms with Crippen molar-refractivity contribution in [3.05, 3.63) is 95.1 Å². The Morgan fingerprint density at radius 1 is 1.00 bits per heavy atom. The number of methoxy groups -OCH3 is 1. The van der Waals surface area contributed by atoms with Gasteiger partial charge in [-0.1, -0.05) is 54.6 Å². The predicted octanol–water partition coefficient (Wildman–Crippen LogP) is 2.78. The van der Waals surface area contributed by atoms with Crippen molar-refractivity contribution in [3.63, 3.8) is 0 Å². The van der Waals surface area contributed by atoms with Gasteiger partial charge in [-0.15, -0.1) is 0 Å². The van der Waals surface area contributed by atoms with Crippen LogP contribution in [0.5, 0.6) is 5.75 Å². The lowest BCUT2D eigenvalue weighted by Crippen LogP contribution is -2.57. The molecule has 6 rings (SSSR count). The number of fused-ring (bicyclic) bond motifs is 3. The number of amides is 2. The molecule has 0 aliphatic carbocycles. The average molecular weight is 603 g/mol. The molecule has 1 saturated heterocycles. The SMILES string of the molecule is COc1ccc(C[C@@H](NC(=O)[C@H]2Cc3ccccc3CN2)C(=O)N2CCC3(CC2)CN(S(C)(=O)=O)c2ccccc23)cc1. The fourth-order valence-electron chi connectivity index (χ4n) is 6.79. The molecule has 3 aromatic carbocycles. The highest BCUT2D eigenvalue weighted by atomic mass is 32.2. The maximum Gasteiger partial charge on any atom is 0.245 e. The molecule has 226 valence electrons. The zero-order valence-electron chi connectivity index (χ0n) is 24.6. The molecule has 3 heterocycles. The zero-order valence-corrected chi connectivity index (χ0v) is 25.4. The number of hydrogen-bond donors (Lipinski definition) is 2. The van der Waals surface area contributed by atoms with E-state index in [-0.39, 0.29) is 17.2 Å². The van der Waals surface area contributed by atoms with Gasteiger partial charge in [0.2, 0.25) is 21.8 Å². The maximum atomic E-state index is 14.1. The number of ether oxygens (including phenoxy) is 1. The second-order valence-electron chi connectivity index (χ2n) is 11.9. The summed E-state index contributed by atoms with van der Waals surface area (Å²) >= 11 is 0. The van der Waals surface area contributed by atoms with E-state index in [1.165, 1.54) is 16.1 Å². The number of likely N-dealkylation sites (tertiary alicyclic amines) is 1. The van der Waals surface area contributed by atoms with Crippen molar-refractivity contribution in [2.75, 3.05) is 37.3 Å². The first-order valence-corrected chi connectivity index (χ1v) is 16.6. The van der Waals surface area contributed by atoms with Crippen LogP contribution in [0.2, 0.25) is 0 Å². The number of hydrogen-bond acceptors (Lipinski definition) is 6. The summed E-state index contributed by atoms with van der Waals surface area (Å²) in [5, 5.41) is 6.41. The van der Waals surface area contributed by atoms with Crippen molar-refractivity contribution >= 4 is 27.5 Å². The molecule has 1 spiro atoms. The third kappa shape index (κ3) is 5.86. The molecular weight excluding hydrogens is 564 g/mol. The Kier molecular flexibility index (Phi) is 7.91. The van der Waals surface area contributed by atoms with Crippen molar-refractivity contribution in [1.82, 2.24) is 15.5 Å². The lowest BCUT2D eigenvalue weighted by molar-refractivity contribution is -0.138. The number of carbonyl (C=O) groups is 2. The number of carbonyl (C=O) groups excluding carboxylic acids is 2. The van der Waals surface area contributed by atoms with Crippen LogP contribution in [0.4, 0.5) is 5.69 Å². The van der Waals surface area contributed by atoms with Gasteiger partial charge in [0.1, 0.15) is 11.8 Å². The molecule has 0 aromatic heterocycles. The first kappa shape index (κ1) is 29.2. The van der Waals surface area contributed by atoms with Crippen LogP contribution in [0.15, 0.2) is 72.8 Å². The van der Waals surface area contributed by atoms with Crippen molar-refractivity contribution in [2.45, 2.75) is 49.7 Å². The van der Waals surface area contributed by atoms with Crippen molar-refractivity contribution in [3.8, 4) is 5.75 Å². The number of para-hydroxylation sites is 1. The molecule has 2 atom stereocenters. The van der Waals surface area contributed by atoms with E-state index in [1.54, 1.807) is 7.11 Å². The molecule has 3 aliphatic rings. The Labute approximate surface area is 253 Å². The van der Waals surface area contributed by atoms with Crippen LogP contribution in [0.25, 0.3) is 0 Å². The van der Waals surface area contributed by atoms with Gasteiger partial charge in [-0.05, 0) is 59.7 Å². The summed E-state index contributed by atoms with van der Waals surface area (Å²) in [6, 6.07) is 22.2. The van der Waals surface area contributed by atoms with E-state index in [9.17, 15) is 18.0 Å². The van der Waals surface area contributed by atoms with Gasteiger partial charge in [0, 0.05) is 38.0 Å². The molecule has 2 amide bonds. The highest BCUT2D eigenvalue weighted by molar-refractivity contribution is 7.92. The molecule has 0 radical (unpaired) electrons. The Morgan fingerprint density at radius 2 is 1.67 bits per heavy atom. The molecule has 10 heteroatoms. The number of nitrogens with zero attached hydrogens (tertiary/aromatic N) is 2. The molecule has 1 fully saturated rings. The highest BCUT2D eigenvalue weighted by Crippen LogP contribution is 2.47. The summed E-state index contributed by atoms with van der Waals surface area (Å²) in [7, 11) is -1.82. The number of anilines is 1. The summed E-state index contributed by atoms with van der Waals surface area (Å²) in [6.45, 7) is 1.95. The summed E-state index contributed by atoms with van der Waals surface area (Å²) in [5.74, 6) is 0.409. The molecule has 3 aromatic rings. The fraction of sp³-hybridized carbons (Fsp3) is 0.394. The van der Waals surface area contributed by atoms with Gasteiger partial charge >= 0.3 is 0 Å². The van der Waals surface area contributed by atoms with Gasteiger partial charge in [0.05, 0.1) is 25.1 Å². The topological polar surface area (TPSA) is 108 Å². The normalized spacial score (nSPS) is 19.8. The average Bonchev–Trinajstić information content (AvgIpc) is 3.35. The van der Waals surface area contributed by atoms with Crippen LogP contribution in [0.3, 0.4) is 0 Å². The van der Waals surface area contributed by atoms with Crippen LogP contribution >= 0.6 is 0 Å². The van der Waals surface area contributed by atoms with Crippen molar-refractivity contribution in [1.29, 1.82) is 0 Å². The molecule has 3 aliphatic heterocycles. The molecule has 0 unspecified atom stereocenters.